The number of nitrogens with zero attached hydrogens (tertiary/aromatic N) is 4. The summed E-state index contributed by atoms with van der Waals surface area (Å²) >= 11 is 3.35. The van der Waals surface area contributed by atoms with Crippen LogP contribution in [0.1, 0.15) is 5.89 Å². The third-order valence-electron chi connectivity index (χ3n) is 2.69. The van der Waals surface area contributed by atoms with Gasteiger partial charge in [0.1, 0.15) is 6.21 Å². The van der Waals surface area contributed by atoms with Crippen LogP contribution in [0, 0.1) is 0 Å². The molecule has 2 heterocycles. The van der Waals surface area contributed by atoms with Crippen molar-refractivity contribution in [2.24, 2.45) is 10.1 Å². The number of rotatable bonds is 3. The Hall–Kier alpha value is -2.48. The first-order valence-electron chi connectivity index (χ1n) is 5.93. The lowest BCUT2D eigenvalue weighted by atomic mass is 10.2. The van der Waals surface area contributed by atoms with Crippen LogP contribution in [0.15, 0.2) is 49.4 Å². The van der Waals surface area contributed by atoms with Crippen molar-refractivity contribution in [1.29, 1.82) is 0 Å². The van der Waals surface area contributed by atoms with Crippen molar-refractivity contribution < 1.29 is 14.3 Å². The molecule has 21 heavy (non-hydrogen) atoms. The second-order valence-corrected chi connectivity index (χ2v) is 5.08. The van der Waals surface area contributed by atoms with Gasteiger partial charge in [-0.2, -0.15) is 5.10 Å². The summed E-state index contributed by atoms with van der Waals surface area (Å²) in [4.78, 5) is 18.5. The van der Waals surface area contributed by atoms with Crippen molar-refractivity contribution in [1.82, 2.24) is 9.99 Å². The lowest BCUT2D eigenvalue weighted by Crippen LogP contribution is -2.26. The molecule has 1 aromatic carbocycles. The summed E-state index contributed by atoms with van der Waals surface area (Å²) in [5.74, 6) is 0.303. The molecule has 3 rings (SSSR count). The van der Waals surface area contributed by atoms with Crippen LogP contribution in [0.2, 0.25) is 0 Å². The van der Waals surface area contributed by atoms with Crippen molar-refractivity contribution in [2.75, 3.05) is 6.54 Å². The van der Waals surface area contributed by atoms with Crippen LogP contribution in [0.3, 0.4) is 0 Å². The van der Waals surface area contributed by atoms with E-state index in [-0.39, 0.29) is 12.4 Å². The maximum absolute atomic E-state index is 11.2. The van der Waals surface area contributed by atoms with Crippen LogP contribution in [0.5, 0.6) is 0 Å². The predicted molar refractivity (Wildman–Crippen MR) is 76.8 cm³/mol. The van der Waals surface area contributed by atoms with Gasteiger partial charge in [-0.3, -0.25) is 0 Å². The van der Waals surface area contributed by atoms with Gasteiger partial charge in [-0.25, -0.2) is 19.8 Å². The van der Waals surface area contributed by atoms with Gasteiger partial charge < -0.3 is 9.52 Å². The van der Waals surface area contributed by atoms with E-state index in [1.807, 2.05) is 24.3 Å². The maximum Gasteiger partial charge on any atom is 0.363 e. The molecule has 0 radical (unpaired) electrons. The summed E-state index contributed by atoms with van der Waals surface area (Å²) in [5, 5.41) is 15.7. The van der Waals surface area contributed by atoms with Gasteiger partial charge >= 0.3 is 6.03 Å². The van der Waals surface area contributed by atoms with Gasteiger partial charge in [0, 0.05) is 10.0 Å². The average molecular weight is 348 g/mol. The van der Waals surface area contributed by atoms with Gasteiger partial charge in [0.15, 0.2) is 5.76 Å². The SMILES string of the molecule is O=C1N=C([O-])CN1/N=C/c1ncc(-c2ccc(Br)cc2)o1. The number of oxazole rings is 1. The van der Waals surface area contributed by atoms with Crippen molar-refractivity contribution in [3.63, 3.8) is 0 Å². The number of halogens is 1. The van der Waals surface area contributed by atoms with E-state index in [4.69, 9.17) is 4.42 Å². The zero-order chi connectivity index (χ0) is 14.8. The van der Waals surface area contributed by atoms with Gasteiger partial charge in [-0.1, -0.05) is 28.1 Å². The third-order valence-corrected chi connectivity index (χ3v) is 3.21. The molecule has 0 fully saturated rings. The minimum Gasteiger partial charge on any atom is -0.860 e. The highest BCUT2D eigenvalue weighted by Crippen LogP contribution is 2.22. The smallest absolute Gasteiger partial charge is 0.363 e. The minimum atomic E-state index is -0.684. The zero-order valence-electron chi connectivity index (χ0n) is 10.6. The van der Waals surface area contributed by atoms with Crippen LogP contribution >= 0.6 is 15.9 Å². The van der Waals surface area contributed by atoms with Crippen LogP contribution in [0.4, 0.5) is 4.79 Å². The Morgan fingerprint density at radius 1 is 1.38 bits per heavy atom. The summed E-state index contributed by atoms with van der Waals surface area (Å²) < 4.78 is 6.47. The fourth-order valence-electron chi connectivity index (χ4n) is 1.70. The number of hydrogen-bond donors (Lipinski definition) is 0. The first-order chi connectivity index (χ1) is 10.1. The molecule has 0 unspecified atom stereocenters. The number of hydrogen-bond acceptors (Lipinski definition) is 5. The first-order valence-corrected chi connectivity index (χ1v) is 6.73. The molecule has 1 aliphatic rings. The van der Waals surface area contributed by atoms with E-state index in [1.165, 1.54) is 6.21 Å². The average Bonchev–Trinajstić information content (AvgIpc) is 3.04. The maximum atomic E-state index is 11.2. The molecule has 0 bridgehead atoms. The van der Waals surface area contributed by atoms with Crippen LogP contribution in [0.25, 0.3) is 11.3 Å². The van der Waals surface area contributed by atoms with Crippen molar-refractivity contribution in [3.05, 3.63) is 40.8 Å². The summed E-state index contributed by atoms with van der Waals surface area (Å²) in [6.07, 6.45) is 2.83. The number of aliphatic imine (C=N–C) groups is 1. The van der Waals surface area contributed by atoms with Crippen molar-refractivity contribution >= 4 is 34.1 Å². The van der Waals surface area contributed by atoms with Crippen LogP contribution < -0.4 is 5.11 Å². The van der Waals surface area contributed by atoms with E-state index in [9.17, 15) is 9.90 Å². The Morgan fingerprint density at radius 3 is 2.81 bits per heavy atom. The summed E-state index contributed by atoms with van der Waals surface area (Å²) in [5.41, 5.74) is 0.868. The van der Waals surface area contributed by atoms with Crippen LogP contribution in [-0.4, -0.2) is 34.7 Å². The second kappa shape index (κ2) is 5.49. The van der Waals surface area contributed by atoms with E-state index in [1.54, 1.807) is 6.20 Å². The molecule has 0 atom stereocenters. The number of amides is 2. The Labute approximate surface area is 127 Å². The molecule has 0 saturated carbocycles. The molecule has 1 aliphatic heterocycles. The molecule has 106 valence electrons. The molecule has 8 heteroatoms. The highest BCUT2D eigenvalue weighted by molar-refractivity contribution is 9.10. The molecule has 7 nitrogen and oxygen atoms in total. The lowest BCUT2D eigenvalue weighted by molar-refractivity contribution is -0.217. The highest BCUT2D eigenvalue weighted by Gasteiger charge is 2.17. The fraction of sp³-hybridized carbons (Fsp3) is 0.0769. The normalized spacial score (nSPS) is 15.0. The Balaban J connectivity index is 1.74. The van der Waals surface area contributed by atoms with E-state index in [2.05, 4.69) is 31.0 Å². The molecule has 0 spiro atoms. The largest absolute Gasteiger partial charge is 0.860 e. The van der Waals surface area contributed by atoms with Gasteiger partial charge in [0.2, 0.25) is 5.89 Å². The number of carbonyl (C=O) groups excluding carboxylic acids is 1. The Kier molecular flexibility index (Phi) is 3.53. The molecular formula is C13H8BrN4O3-. The molecule has 0 saturated heterocycles. The van der Waals surface area contributed by atoms with E-state index in [0.29, 0.717) is 5.76 Å². The molecule has 2 amide bonds. The second-order valence-electron chi connectivity index (χ2n) is 4.16. The third kappa shape index (κ3) is 3.00. The van der Waals surface area contributed by atoms with Gasteiger partial charge in [0.25, 0.3) is 0 Å². The lowest BCUT2D eigenvalue weighted by Gasteiger charge is -2.07. The highest BCUT2D eigenvalue weighted by atomic mass is 79.9. The summed E-state index contributed by atoms with van der Waals surface area (Å²) in [7, 11) is 0. The van der Waals surface area contributed by atoms with Crippen LogP contribution in [-0.2, 0) is 0 Å². The van der Waals surface area contributed by atoms with E-state index in [0.717, 1.165) is 15.0 Å². The number of urea groups is 1. The monoisotopic (exact) mass is 347 g/mol. The summed E-state index contributed by atoms with van der Waals surface area (Å²) in [6, 6.07) is 6.86. The molecule has 0 aliphatic carbocycles. The van der Waals surface area contributed by atoms with Gasteiger partial charge in [0.05, 0.1) is 12.7 Å². The standard InChI is InChI=1S/C13H9BrN4O3/c14-9-3-1-8(2-4-9)10-5-15-12(21-10)6-16-18-7-11(19)17-13(18)20/h1-6H,7H2,(H,17,19,20)/p-1/b16-6+. The van der Waals surface area contributed by atoms with E-state index < -0.39 is 11.9 Å². The van der Waals surface area contributed by atoms with E-state index >= 15 is 0 Å². The molecular weight excluding hydrogens is 340 g/mol. The summed E-state index contributed by atoms with van der Waals surface area (Å²) in [6.45, 7) is -0.157. The number of hydrazone groups is 1. The van der Waals surface area contributed by atoms with Gasteiger partial charge in [-0.15, -0.1) is 0 Å². The number of aromatic nitrogens is 1. The molecule has 2 aromatic rings. The topological polar surface area (TPSA) is 94.1 Å². The number of carbonyl (C=O) groups is 1. The predicted octanol–water partition coefficient (Wildman–Crippen LogP) is 1.63. The van der Waals surface area contributed by atoms with Crippen molar-refractivity contribution in [2.45, 2.75) is 0 Å². The Bertz CT molecular complexity index is 736. The molecule has 1 aromatic heterocycles. The van der Waals surface area contributed by atoms with Crippen molar-refractivity contribution in [3.8, 4) is 11.3 Å². The first kappa shape index (κ1) is 13.5. The minimum absolute atomic E-state index is 0.157. The fourth-order valence-corrected chi connectivity index (χ4v) is 1.96. The number of benzene rings is 1. The zero-order valence-corrected chi connectivity index (χ0v) is 12.1. The van der Waals surface area contributed by atoms with Gasteiger partial charge in [-0.05, 0) is 18.0 Å². The Morgan fingerprint density at radius 2 is 2.14 bits per heavy atom. The quantitative estimate of drug-likeness (QED) is 0.788. The molecule has 0 N–H and O–H groups in total.